The fourth-order valence-corrected chi connectivity index (χ4v) is 9.80. The smallest absolute Gasteiger partial charge is 0.0361 e. The molecule has 0 aliphatic rings. The Hall–Kier alpha value is -6.54. The molecule has 0 spiro atoms. The fourth-order valence-electron chi connectivity index (χ4n) is 8.70. The Morgan fingerprint density at radius 2 is 0.736 bits per heavy atom. The molecule has 10 aromatic carbocycles. The van der Waals surface area contributed by atoms with Gasteiger partial charge in [-0.3, -0.25) is 0 Å². The van der Waals surface area contributed by atoms with E-state index in [1.54, 1.807) is 0 Å². The lowest BCUT2D eigenvalue weighted by Crippen LogP contribution is -1.91. The van der Waals surface area contributed by atoms with Gasteiger partial charge in [0.25, 0.3) is 0 Å². The molecule has 0 radical (unpaired) electrons. The molecule has 0 nitrogen and oxygen atoms in total. The topological polar surface area (TPSA) is 0 Å². The van der Waals surface area contributed by atoms with Crippen molar-refractivity contribution in [2.24, 2.45) is 0 Å². The molecule has 11 rings (SSSR count). The Morgan fingerprint density at radius 3 is 1.43 bits per heavy atom. The summed E-state index contributed by atoms with van der Waals surface area (Å²) in [5.41, 5.74) is 10.0. The first-order chi connectivity index (χ1) is 26.3. The lowest BCUT2D eigenvalue weighted by Gasteiger charge is -2.18. The van der Waals surface area contributed by atoms with Crippen molar-refractivity contribution in [1.82, 2.24) is 0 Å². The molecular formula is C52H32S. The zero-order chi connectivity index (χ0) is 34.9. The van der Waals surface area contributed by atoms with E-state index < -0.39 is 0 Å². The Balaban J connectivity index is 1.09. The molecule has 0 saturated carbocycles. The zero-order valence-electron chi connectivity index (χ0n) is 28.9. The van der Waals surface area contributed by atoms with Gasteiger partial charge in [0, 0.05) is 20.2 Å². The average Bonchev–Trinajstić information content (AvgIpc) is 3.61. The van der Waals surface area contributed by atoms with E-state index >= 15 is 0 Å². The quantitative estimate of drug-likeness (QED) is 0.162. The Kier molecular flexibility index (Phi) is 6.83. The van der Waals surface area contributed by atoms with E-state index in [1.165, 1.54) is 108 Å². The zero-order valence-corrected chi connectivity index (χ0v) is 29.7. The van der Waals surface area contributed by atoms with Gasteiger partial charge < -0.3 is 0 Å². The molecule has 1 heteroatoms. The van der Waals surface area contributed by atoms with Crippen molar-refractivity contribution in [3.8, 4) is 44.5 Å². The summed E-state index contributed by atoms with van der Waals surface area (Å²) in [5, 5.41) is 12.9. The summed E-state index contributed by atoms with van der Waals surface area (Å²) in [5.74, 6) is 0. The Morgan fingerprint density at radius 1 is 0.264 bits per heavy atom. The SMILES string of the molecule is c1ccc(-c2cccc3ccccc23)c(-c2ccc(-c3c4ccccc4c(-c4ccc5sc6ccc7ccccc7c6c5c4)c4ccccc34)cc2)c1. The number of fused-ring (bicyclic) bond motifs is 8. The van der Waals surface area contributed by atoms with Gasteiger partial charge in [0.2, 0.25) is 0 Å². The van der Waals surface area contributed by atoms with Gasteiger partial charge in [-0.25, -0.2) is 0 Å². The average molecular weight is 689 g/mol. The van der Waals surface area contributed by atoms with Crippen LogP contribution < -0.4 is 0 Å². The minimum Gasteiger partial charge on any atom is -0.135 e. The number of hydrogen-bond donors (Lipinski definition) is 0. The van der Waals surface area contributed by atoms with Crippen LogP contribution in [0.25, 0.3) is 108 Å². The molecule has 0 aliphatic heterocycles. The van der Waals surface area contributed by atoms with Crippen molar-refractivity contribution in [2.45, 2.75) is 0 Å². The maximum atomic E-state index is 2.44. The minimum atomic E-state index is 1.21. The summed E-state index contributed by atoms with van der Waals surface area (Å²) in [6.07, 6.45) is 0. The van der Waals surface area contributed by atoms with Crippen LogP contribution in [-0.2, 0) is 0 Å². The second kappa shape index (κ2) is 12.0. The normalized spacial score (nSPS) is 11.8. The second-order valence-electron chi connectivity index (χ2n) is 14.0. The third-order valence-electron chi connectivity index (χ3n) is 11.1. The number of hydrogen-bond acceptors (Lipinski definition) is 1. The van der Waals surface area contributed by atoms with Gasteiger partial charge in [-0.1, -0.05) is 176 Å². The minimum absolute atomic E-state index is 1.21. The third-order valence-corrected chi connectivity index (χ3v) is 12.2. The van der Waals surface area contributed by atoms with Gasteiger partial charge in [-0.05, 0) is 106 Å². The molecule has 0 bridgehead atoms. The van der Waals surface area contributed by atoms with Gasteiger partial charge in [-0.2, -0.15) is 0 Å². The lowest BCUT2D eigenvalue weighted by molar-refractivity contribution is 1.59. The third kappa shape index (κ3) is 4.75. The van der Waals surface area contributed by atoms with Crippen molar-refractivity contribution in [2.75, 3.05) is 0 Å². The highest BCUT2D eigenvalue weighted by Crippen LogP contribution is 2.46. The van der Waals surface area contributed by atoms with Crippen molar-refractivity contribution in [3.63, 3.8) is 0 Å². The Labute approximate surface area is 311 Å². The molecule has 0 fully saturated rings. The van der Waals surface area contributed by atoms with Crippen LogP contribution in [0.5, 0.6) is 0 Å². The fraction of sp³-hybridized carbons (Fsp3) is 0. The molecule has 53 heavy (non-hydrogen) atoms. The van der Waals surface area contributed by atoms with E-state index in [2.05, 4.69) is 194 Å². The van der Waals surface area contributed by atoms with Crippen molar-refractivity contribution in [3.05, 3.63) is 194 Å². The molecule has 246 valence electrons. The molecule has 1 aromatic heterocycles. The van der Waals surface area contributed by atoms with Gasteiger partial charge in [0.1, 0.15) is 0 Å². The highest BCUT2D eigenvalue weighted by atomic mass is 32.1. The number of benzene rings is 10. The highest BCUT2D eigenvalue weighted by molar-refractivity contribution is 7.26. The number of thiophene rings is 1. The first kappa shape index (κ1) is 30.1. The molecule has 0 aliphatic carbocycles. The van der Waals surface area contributed by atoms with E-state index in [4.69, 9.17) is 0 Å². The van der Waals surface area contributed by atoms with Crippen LogP contribution in [-0.4, -0.2) is 0 Å². The van der Waals surface area contributed by atoms with Crippen molar-refractivity contribution >= 4 is 74.6 Å². The summed E-state index contributed by atoms with van der Waals surface area (Å²) < 4.78 is 2.66. The second-order valence-corrected chi connectivity index (χ2v) is 15.0. The monoisotopic (exact) mass is 688 g/mol. The lowest BCUT2D eigenvalue weighted by atomic mass is 9.85. The van der Waals surface area contributed by atoms with E-state index in [0.29, 0.717) is 0 Å². The van der Waals surface area contributed by atoms with Crippen molar-refractivity contribution in [1.29, 1.82) is 0 Å². The van der Waals surface area contributed by atoms with Crippen LogP contribution in [0, 0.1) is 0 Å². The largest absolute Gasteiger partial charge is 0.135 e. The van der Waals surface area contributed by atoms with Crippen LogP contribution in [0.1, 0.15) is 0 Å². The highest BCUT2D eigenvalue weighted by Gasteiger charge is 2.18. The van der Waals surface area contributed by atoms with Crippen LogP contribution in [0.2, 0.25) is 0 Å². The molecular weight excluding hydrogens is 657 g/mol. The molecule has 0 N–H and O–H groups in total. The predicted molar refractivity (Wildman–Crippen MR) is 231 cm³/mol. The molecule has 0 amide bonds. The van der Waals surface area contributed by atoms with E-state index in [0.717, 1.165) is 0 Å². The first-order valence-corrected chi connectivity index (χ1v) is 19.1. The van der Waals surface area contributed by atoms with Gasteiger partial charge in [0.05, 0.1) is 0 Å². The van der Waals surface area contributed by atoms with Gasteiger partial charge in [-0.15, -0.1) is 11.3 Å². The molecule has 11 aromatic rings. The molecule has 1 heterocycles. The summed E-state index contributed by atoms with van der Waals surface area (Å²) in [6.45, 7) is 0. The molecule has 0 unspecified atom stereocenters. The maximum Gasteiger partial charge on any atom is 0.0361 e. The van der Waals surface area contributed by atoms with Crippen LogP contribution in [0.4, 0.5) is 0 Å². The molecule has 0 atom stereocenters. The van der Waals surface area contributed by atoms with E-state index in [1.807, 2.05) is 11.3 Å². The van der Waals surface area contributed by atoms with Crippen molar-refractivity contribution < 1.29 is 0 Å². The molecule has 0 saturated heterocycles. The standard InChI is InChI=1S/C52H32S/c1-3-15-38-33(12-1)14-11-23-42(38)41-18-6-5-16-39(41)35-24-26-36(27-25-35)50-43-19-7-9-21-45(43)51(46-22-10-8-20-44(46)50)37-29-30-48-47(32-37)52-40-17-4-2-13-34(40)28-31-49(52)53-48/h1-32H. The predicted octanol–water partition coefficient (Wildman–Crippen LogP) is 15.3. The van der Waals surface area contributed by atoms with Gasteiger partial charge >= 0.3 is 0 Å². The van der Waals surface area contributed by atoms with Crippen LogP contribution in [0.15, 0.2) is 194 Å². The maximum absolute atomic E-state index is 2.44. The summed E-state index contributed by atoms with van der Waals surface area (Å²) in [4.78, 5) is 0. The van der Waals surface area contributed by atoms with E-state index in [-0.39, 0.29) is 0 Å². The van der Waals surface area contributed by atoms with Gasteiger partial charge in [0.15, 0.2) is 0 Å². The van der Waals surface area contributed by atoms with E-state index in [9.17, 15) is 0 Å². The summed E-state index contributed by atoms with van der Waals surface area (Å²) in [7, 11) is 0. The summed E-state index contributed by atoms with van der Waals surface area (Å²) in [6, 6.07) is 71.7. The van der Waals surface area contributed by atoms with Crippen LogP contribution >= 0.6 is 11.3 Å². The summed E-state index contributed by atoms with van der Waals surface area (Å²) >= 11 is 1.89. The number of rotatable bonds is 4. The first-order valence-electron chi connectivity index (χ1n) is 18.3. The Bertz CT molecular complexity index is 3150. The van der Waals surface area contributed by atoms with Crippen LogP contribution in [0.3, 0.4) is 0 Å².